The van der Waals surface area contributed by atoms with Crippen molar-refractivity contribution in [2.24, 2.45) is 0 Å². The van der Waals surface area contributed by atoms with Crippen molar-refractivity contribution < 1.29 is 0 Å². The molecule has 58 valence electrons. The lowest BCUT2D eigenvalue weighted by Gasteiger charge is -2.20. The van der Waals surface area contributed by atoms with Crippen LogP contribution in [0.3, 0.4) is 0 Å². The lowest BCUT2D eigenvalue weighted by atomic mass is 10.5. The van der Waals surface area contributed by atoms with Gasteiger partial charge in [-0.1, -0.05) is 58.0 Å². The summed E-state index contributed by atoms with van der Waals surface area (Å²) in [4.78, 5) is 0. The molecule has 0 fully saturated rings. The van der Waals surface area contributed by atoms with Crippen LogP contribution in [-0.4, -0.2) is 8.13 Å². The Morgan fingerprint density at radius 3 is 1.40 bits per heavy atom. The van der Waals surface area contributed by atoms with E-state index in [4.69, 9.17) is 69.6 Å². The summed E-state index contributed by atoms with van der Waals surface area (Å²) in [6.45, 7) is 0. The molecule has 10 heavy (non-hydrogen) atoms. The second kappa shape index (κ2) is 3.81. The number of rotatable bonds is 0. The Balaban J connectivity index is 4.51. The standard InChI is InChI=1S/C4Cl6/c5-2-1-3(6,7)4(8,9)10. The van der Waals surface area contributed by atoms with Crippen LogP contribution in [0.5, 0.6) is 0 Å². The fraction of sp³-hybridized carbons (Fsp3) is 0.500. The minimum atomic E-state index is -1.86. The summed E-state index contributed by atoms with van der Waals surface area (Å²) in [7, 11) is 0. The molecular weight excluding hydrogens is 261 g/mol. The summed E-state index contributed by atoms with van der Waals surface area (Å²) >= 11 is 31.8. The van der Waals surface area contributed by atoms with Gasteiger partial charge in [0.05, 0.1) is 0 Å². The predicted molar refractivity (Wildman–Crippen MR) is 48.4 cm³/mol. The summed E-state index contributed by atoms with van der Waals surface area (Å²) in [6, 6.07) is 0. The first kappa shape index (κ1) is 11.3. The third-order valence-corrected chi connectivity index (χ3v) is 2.84. The monoisotopic (exact) mass is 258 g/mol. The number of hydrogen-bond acceptors (Lipinski definition) is 0. The van der Waals surface area contributed by atoms with Crippen LogP contribution in [0.1, 0.15) is 0 Å². The van der Waals surface area contributed by atoms with Gasteiger partial charge in [-0.15, -0.1) is 0 Å². The second-order valence-electron chi connectivity index (χ2n) is 1.29. The molecule has 0 aliphatic heterocycles. The van der Waals surface area contributed by atoms with E-state index < -0.39 is 8.13 Å². The van der Waals surface area contributed by atoms with Crippen LogP contribution in [0.2, 0.25) is 0 Å². The van der Waals surface area contributed by atoms with Gasteiger partial charge in [-0.2, -0.15) is 0 Å². The predicted octanol–water partition coefficient (Wildman–Crippen LogP) is 3.73. The lowest BCUT2D eigenvalue weighted by molar-refractivity contribution is 1.03. The molecule has 0 amide bonds. The molecule has 0 nitrogen and oxygen atoms in total. The van der Waals surface area contributed by atoms with E-state index in [-0.39, 0.29) is 0 Å². The molecule has 0 bridgehead atoms. The molecule has 0 radical (unpaired) electrons. The molecular formula is C4Cl6. The van der Waals surface area contributed by atoms with Crippen molar-refractivity contribution in [3.8, 4) is 11.3 Å². The first-order valence-corrected chi connectivity index (χ1v) is 4.15. The maximum Gasteiger partial charge on any atom is 0.234 e. The molecule has 0 aliphatic rings. The van der Waals surface area contributed by atoms with Gasteiger partial charge in [-0.3, -0.25) is 0 Å². The summed E-state index contributed by atoms with van der Waals surface area (Å²) < 4.78 is -3.63. The number of halogens is 6. The Bertz CT molecular complexity index is 166. The molecule has 0 aromatic heterocycles. The van der Waals surface area contributed by atoms with Gasteiger partial charge in [-0.25, -0.2) is 0 Å². The van der Waals surface area contributed by atoms with Crippen molar-refractivity contribution in [1.82, 2.24) is 0 Å². The maximum absolute atomic E-state index is 5.42. The minimum Gasteiger partial charge on any atom is -0.0822 e. The van der Waals surface area contributed by atoms with E-state index in [2.05, 4.69) is 5.92 Å². The summed E-state index contributed by atoms with van der Waals surface area (Å²) in [6.07, 6.45) is 0. The fourth-order valence-electron chi connectivity index (χ4n) is 0.130. The van der Waals surface area contributed by atoms with Crippen LogP contribution in [0, 0.1) is 11.3 Å². The maximum atomic E-state index is 5.42. The van der Waals surface area contributed by atoms with Gasteiger partial charge in [0.1, 0.15) is 0 Å². The van der Waals surface area contributed by atoms with Gasteiger partial charge < -0.3 is 0 Å². The van der Waals surface area contributed by atoms with Crippen LogP contribution >= 0.6 is 69.6 Å². The van der Waals surface area contributed by atoms with Crippen molar-refractivity contribution in [1.29, 1.82) is 0 Å². The fourth-order valence-corrected chi connectivity index (χ4v) is 0.605. The van der Waals surface area contributed by atoms with Crippen molar-refractivity contribution in [2.45, 2.75) is 8.13 Å². The highest BCUT2D eigenvalue weighted by atomic mass is 35.6. The zero-order valence-corrected chi connectivity index (χ0v) is 8.80. The van der Waals surface area contributed by atoms with Gasteiger partial charge in [0.15, 0.2) is 0 Å². The average Bonchev–Trinajstić information content (AvgIpc) is 1.61. The van der Waals surface area contributed by atoms with Crippen molar-refractivity contribution in [2.75, 3.05) is 0 Å². The molecule has 0 aromatic rings. The summed E-state index contributed by atoms with van der Waals surface area (Å²) in [5.41, 5.74) is 0. The molecule has 0 heterocycles. The molecule has 0 aromatic carbocycles. The zero-order chi connectivity index (χ0) is 8.41. The topological polar surface area (TPSA) is 0 Å². The quantitative estimate of drug-likeness (QED) is 0.460. The molecule has 0 N–H and O–H groups in total. The van der Waals surface area contributed by atoms with Gasteiger partial charge in [0.2, 0.25) is 8.13 Å². The van der Waals surface area contributed by atoms with Crippen LogP contribution < -0.4 is 0 Å². The molecule has 0 atom stereocenters. The van der Waals surface area contributed by atoms with E-state index in [1.54, 1.807) is 0 Å². The molecule has 6 heteroatoms. The van der Waals surface area contributed by atoms with Crippen LogP contribution in [0.4, 0.5) is 0 Å². The number of hydrogen-bond donors (Lipinski definition) is 0. The largest absolute Gasteiger partial charge is 0.234 e. The first-order chi connectivity index (χ1) is 4.31. The minimum absolute atomic E-state index is 1.76. The Morgan fingerprint density at radius 1 is 0.900 bits per heavy atom. The molecule has 0 spiro atoms. The van der Waals surface area contributed by atoms with E-state index in [1.165, 1.54) is 0 Å². The van der Waals surface area contributed by atoms with Gasteiger partial charge in [0.25, 0.3) is 0 Å². The summed E-state index contributed by atoms with van der Waals surface area (Å²) in [5, 5.41) is 1.92. The molecule has 0 unspecified atom stereocenters. The van der Waals surface area contributed by atoms with Crippen molar-refractivity contribution >= 4 is 69.6 Å². The van der Waals surface area contributed by atoms with Gasteiger partial charge in [-0.05, 0) is 17.5 Å². The van der Waals surface area contributed by atoms with Crippen LogP contribution in [-0.2, 0) is 0 Å². The van der Waals surface area contributed by atoms with E-state index in [0.717, 1.165) is 0 Å². The lowest BCUT2D eigenvalue weighted by Crippen LogP contribution is -2.28. The molecule has 0 rings (SSSR count). The van der Waals surface area contributed by atoms with E-state index in [0.29, 0.717) is 0 Å². The zero-order valence-electron chi connectivity index (χ0n) is 4.27. The Hall–Kier alpha value is 1.30. The highest BCUT2D eigenvalue weighted by molar-refractivity contribution is 6.76. The normalized spacial score (nSPS) is 12.2. The number of alkyl halides is 5. The van der Waals surface area contributed by atoms with Gasteiger partial charge >= 0.3 is 0 Å². The highest BCUT2D eigenvalue weighted by Gasteiger charge is 2.44. The Kier molecular flexibility index (Phi) is 4.30. The Morgan fingerprint density at radius 2 is 1.30 bits per heavy atom. The molecule has 0 saturated heterocycles. The third-order valence-electron chi connectivity index (χ3n) is 0.560. The smallest absolute Gasteiger partial charge is 0.0822 e. The summed E-state index contributed by atoms with van der Waals surface area (Å²) in [5.74, 6) is 2.11. The van der Waals surface area contributed by atoms with Crippen LogP contribution in [0.15, 0.2) is 0 Å². The molecule has 0 saturated carbocycles. The van der Waals surface area contributed by atoms with E-state index in [1.807, 2.05) is 5.38 Å². The second-order valence-corrected chi connectivity index (χ2v) is 5.09. The Labute approximate surface area is 88.7 Å². The SMILES string of the molecule is ClC#CC(Cl)(Cl)C(Cl)(Cl)Cl. The molecule has 0 aliphatic carbocycles. The van der Waals surface area contributed by atoms with Crippen LogP contribution in [0.25, 0.3) is 0 Å². The average molecular weight is 261 g/mol. The van der Waals surface area contributed by atoms with Crippen molar-refractivity contribution in [3.05, 3.63) is 0 Å². The van der Waals surface area contributed by atoms with E-state index >= 15 is 0 Å². The highest BCUT2D eigenvalue weighted by Crippen LogP contribution is 2.45. The third kappa shape index (κ3) is 3.13. The van der Waals surface area contributed by atoms with E-state index in [9.17, 15) is 0 Å². The van der Waals surface area contributed by atoms with Gasteiger partial charge in [0, 0.05) is 5.38 Å². The van der Waals surface area contributed by atoms with Crippen molar-refractivity contribution in [3.63, 3.8) is 0 Å². The first-order valence-electron chi connectivity index (χ1n) is 1.88.